The third-order valence-corrected chi connectivity index (χ3v) is 2.30. The molecule has 0 spiro atoms. The Morgan fingerprint density at radius 1 is 1.41 bits per heavy atom. The number of pyridine rings is 1. The number of rotatable bonds is 1. The monoisotopic (exact) mass is 263 g/mol. The molecule has 0 bridgehead atoms. The van der Waals surface area contributed by atoms with Crippen molar-refractivity contribution in [1.82, 2.24) is 14.8 Å². The summed E-state index contributed by atoms with van der Waals surface area (Å²) in [7, 11) is 0. The number of aromatic amines is 1. The van der Waals surface area contributed by atoms with Crippen LogP contribution in [0.5, 0.6) is 0 Å². The molecule has 8 heteroatoms. The average Bonchev–Trinajstić information content (AvgIpc) is 2.61. The molecular formula is C9H5ClF3N3O. The Bertz CT molecular complexity index is 602. The quantitative estimate of drug-likeness (QED) is 0.802. The predicted octanol–water partition coefficient (Wildman–Crippen LogP) is 2.23. The van der Waals surface area contributed by atoms with E-state index in [1.54, 1.807) is 0 Å². The summed E-state index contributed by atoms with van der Waals surface area (Å²) in [6.45, 7) is 0. The maximum Gasteiger partial charge on any atom is 0.432 e. The molecule has 0 saturated heterocycles. The minimum atomic E-state index is -4.61. The van der Waals surface area contributed by atoms with E-state index >= 15 is 0 Å². The lowest BCUT2D eigenvalue weighted by Crippen LogP contribution is -2.14. The van der Waals surface area contributed by atoms with Gasteiger partial charge in [0, 0.05) is 12.3 Å². The van der Waals surface area contributed by atoms with Gasteiger partial charge in [0.2, 0.25) is 0 Å². The summed E-state index contributed by atoms with van der Waals surface area (Å²) in [5.41, 5.74) is -1.93. The Hall–Kier alpha value is -1.76. The largest absolute Gasteiger partial charge is 0.432 e. The van der Waals surface area contributed by atoms with Crippen LogP contribution in [0.4, 0.5) is 13.2 Å². The average molecular weight is 264 g/mol. The number of nitrogens with zero attached hydrogens (tertiary/aromatic N) is 2. The normalized spacial score (nSPS) is 11.8. The number of alkyl halides is 3. The van der Waals surface area contributed by atoms with Crippen LogP contribution in [-0.2, 0) is 6.18 Å². The molecule has 0 atom stereocenters. The van der Waals surface area contributed by atoms with Gasteiger partial charge in [-0.15, -0.1) is 0 Å². The van der Waals surface area contributed by atoms with Crippen molar-refractivity contribution in [2.24, 2.45) is 0 Å². The topological polar surface area (TPSA) is 50.7 Å². The van der Waals surface area contributed by atoms with Crippen molar-refractivity contribution in [2.75, 3.05) is 0 Å². The van der Waals surface area contributed by atoms with Crippen LogP contribution in [0.25, 0.3) is 5.69 Å². The van der Waals surface area contributed by atoms with Gasteiger partial charge in [0.15, 0.2) is 5.15 Å². The maximum atomic E-state index is 12.4. The standard InChI is InChI=1S/C9H5ClF3N3O/c10-8-5(2-1-3-14-8)16-7(17)4-6(15-16)9(11,12)13/h1-4,15H. The molecule has 0 aliphatic rings. The fraction of sp³-hybridized carbons (Fsp3) is 0.111. The first kappa shape index (κ1) is 11.7. The Balaban J connectivity index is 2.59. The van der Waals surface area contributed by atoms with Crippen LogP contribution >= 0.6 is 11.6 Å². The van der Waals surface area contributed by atoms with E-state index in [1.807, 2.05) is 5.10 Å². The van der Waals surface area contributed by atoms with E-state index in [1.165, 1.54) is 18.3 Å². The van der Waals surface area contributed by atoms with Crippen molar-refractivity contribution < 1.29 is 13.2 Å². The summed E-state index contributed by atoms with van der Waals surface area (Å²) < 4.78 is 37.8. The lowest BCUT2D eigenvalue weighted by atomic mass is 10.4. The van der Waals surface area contributed by atoms with Crippen molar-refractivity contribution in [3.05, 3.63) is 45.6 Å². The molecule has 17 heavy (non-hydrogen) atoms. The molecule has 90 valence electrons. The van der Waals surface area contributed by atoms with Crippen LogP contribution < -0.4 is 5.56 Å². The molecule has 0 fully saturated rings. The summed E-state index contributed by atoms with van der Waals surface area (Å²) in [5.74, 6) is 0. The minimum absolute atomic E-state index is 0.0645. The van der Waals surface area contributed by atoms with Crippen LogP contribution in [0.15, 0.2) is 29.2 Å². The van der Waals surface area contributed by atoms with Crippen molar-refractivity contribution in [1.29, 1.82) is 0 Å². The summed E-state index contributed by atoms with van der Waals surface area (Å²) in [5, 5.41) is 1.87. The zero-order valence-electron chi connectivity index (χ0n) is 8.12. The molecule has 2 rings (SSSR count). The van der Waals surface area contributed by atoms with Crippen molar-refractivity contribution in [3.8, 4) is 5.69 Å². The number of aromatic nitrogens is 3. The molecule has 0 radical (unpaired) electrons. The molecule has 0 saturated carbocycles. The highest BCUT2D eigenvalue weighted by Gasteiger charge is 2.33. The minimum Gasteiger partial charge on any atom is -0.286 e. The van der Waals surface area contributed by atoms with Gasteiger partial charge in [-0.1, -0.05) is 11.6 Å². The van der Waals surface area contributed by atoms with E-state index in [-0.39, 0.29) is 10.8 Å². The molecule has 0 aromatic carbocycles. The predicted molar refractivity (Wildman–Crippen MR) is 54.2 cm³/mol. The first-order valence-electron chi connectivity index (χ1n) is 4.40. The van der Waals surface area contributed by atoms with E-state index in [4.69, 9.17) is 11.6 Å². The molecule has 1 N–H and O–H groups in total. The van der Waals surface area contributed by atoms with Crippen molar-refractivity contribution >= 4 is 11.6 Å². The van der Waals surface area contributed by atoms with Gasteiger partial charge < -0.3 is 0 Å². The van der Waals surface area contributed by atoms with Gasteiger partial charge in [0.25, 0.3) is 5.56 Å². The second-order valence-electron chi connectivity index (χ2n) is 3.15. The Kier molecular flexibility index (Phi) is 2.70. The highest BCUT2D eigenvalue weighted by Crippen LogP contribution is 2.27. The molecule has 2 aromatic heterocycles. The van der Waals surface area contributed by atoms with E-state index in [9.17, 15) is 18.0 Å². The van der Waals surface area contributed by atoms with Crippen molar-refractivity contribution in [2.45, 2.75) is 6.18 Å². The fourth-order valence-corrected chi connectivity index (χ4v) is 1.47. The second kappa shape index (κ2) is 3.92. The number of H-pyrrole nitrogens is 1. The highest BCUT2D eigenvalue weighted by molar-refractivity contribution is 6.31. The number of hydrogen-bond donors (Lipinski definition) is 1. The van der Waals surface area contributed by atoms with E-state index in [0.717, 1.165) is 0 Å². The first-order valence-corrected chi connectivity index (χ1v) is 4.77. The Morgan fingerprint density at radius 2 is 2.12 bits per heavy atom. The zero-order valence-corrected chi connectivity index (χ0v) is 8.88. The fourth-order valence-electron chi connectivity index (χ4n) is 1.26. The maximum absolute atomic E-state index is 12.4. The lowest BCUT2D eigenvalue weighted by Gasteiger charge is -2.04. The van der Waals surface area contributed by atoms with Gasteiger partial charge in [-0.25, -0.2) is 9.67 Å². The lowest BCUT2D eigenvalue weighted by molar-refractivity contribution is -0.141. The number of nitrogens with one attached hydrogen (secondary N) is 1. The third-order valence-electron chi connectivity index (χ3n) is 2.01. The van der Waals surface area contributed by atoms with Crippen LogP contribution in [0.3, 0.4) is 0 Å². The summed E-state index contributed by atoms with van der Waals surface area (Å²) >= 11 is 5.68. The smallest absolute Gasteiger partial charge is 0.286 e. The van der Waals surface area contributed by atoms with Gasteiger partial charge in [-0.3, -0.25) is 9.89 Å². The second-order valence-corrected chi connectivity index (χ2v) is 3.51. The molecular weight excluding hydrogens is 259 g/mol. The molecule has 0 aliphatic heterocycles. The van der Waals surface area contributed by atoms with Crippen LogP contribution in [0.2, 0.25) is 5.15 Å². The molecule has 2 aromatic rings. The highest BCUT2D eigenvalue weighted by atomic mass is 35.5. The van der Waals surface area contributed by atoms with Crippen molar-refractivity contribution in [3.63, 3.8) is 0 Å². The molecule has 0 amide bonds. The van der Waals surface area contributed by atoms with Crippen LogP contribution in [0.1, 0.15) is 5.69 Å². The molecule has 2 heterocycles. The Labute approximate surface area is 97.6 Å². The molecule has 0 aliphatic carbocycles. The van der Waals surface area contributed by atoms with Gasteiger partial charge in [0.1, 0.15) is 11.4 Å². The van der Waals surface area contributed by atoms with Crippen LogP contribution in [0, 0.1) is 0 Å². The Morgan fingerprint density at radius 3 is 2.65 bits per heavy atom. The van der Waals surface area contributed by atoms with Gasteiger partial charge in [-0.2, -0.15) is 13.2 Å². The number of hydrogen-bond acceptors (Lipinski definition) is 2. The SMILES string of the molecule is O=c1cc(C(F)(F)F)[nH]n1-c1cccnc1Cl. The third kappa shape index (κ3) is 2.19. The van der Waals surface area contributed by atoms with E-state index in [0.29, 0.717) is 10.7 Å². The molecule has 4 nitrogen and oxygen atoms in total. The van der Waals surface area contributed by atoms with Gasteiger partial charge >= 0.3 is 6.18 Å². The zero-order chi connectivity index (χ0) is 12.6. The van der Waals surface area contributed by atoms with E-state index in [2.05, 4.69) is 4.98 Å². The first-order chi connectivity index (χ1) is 7.89. The number of halogens is 4. The van der Waals surface area contributed by atoms with Crippen LogP contribution in [-0.4, -0.2) is 14.8 Å². The summed E-state index contributed by atoms with van der Waals surface area (Å²) in [6.07, 6.45) is -3.25. The molecule has 0 unspecified atom stereocenters. The summed E-state index contributed by atoms with van der Waals surface area (Å²) in [6, 6.07) is 3.30. The van der Waals surface area contributed by atoms with Gasteiger partial charge in [0.05, 0.1) is 0 Å². The van der Waals surface area contributed by atoms with Gasteiger partial charge in [-0.05, 0) is 12.1 Å². The summed E-state index contributed by atoms with van der Waals surface area (Å²) in [4.78, 5) is 15.1. The van der Waals surface area contributed by atoms with E-state index < -0.39 is 17.4 Å².